The average molecular weight is 402 g/mol. The van der Waals surface area contributed by atoms with Gasteiger partial charge in [-0.2, -0.15) is 5.10 Å². The van der Waals surface area contributed by atoms with Gasteiger partial charge in [0.25, 0.3) is 0 Å². The summed E-state index contributed by atoms with van der Waals surface area (Å²) in [5.41, 5.74) is 2.06. The quantitative estimate of drug-likeness (QED) is 0.676. The maximum Gasteiger partial charge on any atom is 0.244 e. The maximum absolute atomic E-state index is 14.4. The molecule has 4 rings (SSSR count). The summed E-state index contributed by atoms with van der Waals surface area (Å²) in [6.07, 6.45) is 3.40. The number of hydrogen-bond donors (Lipinski definition) is 0. The highest BCUT2D eigenvalue weighted by molar-refractivity contribution is 6.31. The van der Waals surface area contributed by atoms with Crippen molar-refractivity contribution in [3.63, 3.8) is 0 Å². The molecule has 2 aromatic heterocycles. The van der Waals surface area contributed by atoms with E-state index in [0.717, 1.165) is 10.9 Å². The van der Waals surface area contributed by atoms with Crippen molar-refractivity contribution in [3.8, 4) is 0 Å². The van der Waals surface area contributed by atoms with E-state index >= 15 is 0 Å². The predicted octanol–water partition coefficient (Wildman–Crippen LogP) is 3.27. The van der Waals surface area contributed by atoms with Gasteiger partial charge in [0, 0.05) is 42.3 Å². The van der Waals surface area contributed by atoms with Gasteiger partial charge in [-0.3, -0.25) is 4.79 Å². The zero-order chi connectivity index (χ0) is 19.8. The third-order valence-corrected chi connectivity index (χ3v) is 5.61. The van der Waals surface area contributed by atoms with Crippen LogP contribution in [0.3, 0.4) is 0 Å². The largest absolute Gasteiger partial charge is 0.365 e. The van der Waals surface area contributed by atoms with Crippen LogP contribution in [0.2, 0.25) is 5.02 Å². The number of nitrogens with zero attached hydrogens (tertiary/aromatic N) is 5. The Bertz CT molecular complexity index is 1040. The number of anilines is 1. The van der Waals surface area contributed by atoms with Gasteiger partial charge in [0.15, 0.2) is 5.65 Å². The van der Waals surface area contributed by atoms with E-state index in [1.807, 2.05) is 35.8 Å². The Morgan fingerprint density at radius 1 is 1.36 bits per heavy atom. The number of pyridine rings is 1. The van der Waals surface area contributed by atoms with E-state index in [-0.39, 0.29) is 24.3 Å². The lowest BCUT2D eigenvalue weighted by atomic mass is 10.1. The van der Waals surface area contributed by atoms with E-state index in [0.29, 0.717) is 36.0 Å². The number of aryl methyl sites for hydroxylation is 1. The van der Waals surface area contributed by atoms with Crippen LogP contribution in [-0.2, 0) is 11.3 Å². The summed E-state index contributed by atoms with van der Waals surface area (Å²) in [5.74, 6) is -0.354. The first-order valence-corrected chi connectivity index (χ1v) is 9.58. The molecule has 0 N–H and O–H groups in total. The Morgan fingerprint density at radius 3 is 2.96 bits per heavy atom. The van der Waals surface area contributed by atoms with Crippen molar-refractivity contribution in [1.29, 1.82) is 0 Å². The van der Waals surface area contributed by atoms with E-state index in [1.54, 1.807) is 23.1 Å². The Morgan fingerprint density at radius 2 is 2.18 bits per heavy atom. The van der Waals surface area contributed by atoms with Crippen molar-refractivity contribution in [2.75, 3.05) is 24.5 Å². The summed E-state index contributed by atoms with van der Waals surface area (Å²) < 4.78 is 16.0. The van der Waals surface area contributed by atoms with Crippen LogP contribution in [0.1, 0.15) is 12.5 Å². The van der Waals surface area contributed by atoms with Gasteiger partial charge in [-0.25, -0.2) is 14.1 Å². The lowest BCUT2D eigenvalue weighted by Crippen LogP contribution is -2.55. The average Bonchev–Trinajstić information content (AvgIpc) is 3.07. The van der Waals surface area contributed by atoms with Gasteiger partial charge in [-0.15, -0.1) is 0 Å². The second-order valence-electron chi connectivity index (χ2n) is 7.15. The highest BCUT2D eigenvalue weighted by Gasteiger charge is 2.29. The molecule has 0 aliphatic carbocycles. The second kappa shape index (κ2) is 7.39. The van der Waals surface area contributed by atoms with Crippen LogP contribution in [0, 0.1) is 12.7 Å². The van der Waals surface area contributed by atoms with Crippen LogP contribution in [0.4, 0.5) is 10.1 Å². The molecule has 1 fully saturated rings. The molecule has 1 aliphatic heterocycles. The predicted molar refractivity (Wildman–Crippen MR) is 107 cm³/mol. The maximum atomic E-state index is 14.4. The topological polar surface area (TPSA) is 54.3 Å². The summed E-state index contributed by atoms with van der Waals surface area (Å²) >= 11 is 6.00. The van der Waals surface area contributed by atoms with Gasteiger partial charge in [0.2, 0.25) is 5.91 Å². The fourth-order valence-corrected chi connectivity index (χ4v) is 3.83. The molecule has 3 heterocycles. The van der Waals surface area contributed by atoms with Gasteiger partial charge in [0.1, 0.15) is 12.4 Å². The smallest absolute Gasteiger partial charge is 0.244 e. The van der Waals surface area contributed by atoms with Gasteiger partial charge in [-0.1, -0.05) is 11.6 Å². The first-order valence-electron chi connectivity index (χ1n) is 9.20. The number of benzene rings is 1. The van der Waals surface area contributed by atoms with E-state index in [2.05, 4.69) is 10.1 Å². The summed E-state index contributed by atoms with van der Waals surface area (Å²) in [6, 6.07) is 6.83. The number of hydrogen-bond acceptors (Lipinski definition) is 4. The minimum Gasteiger partial charge on any atom is -0.365 e. The molecule has 1 aromatic carbocycles. The molecule has 0 unspecified atom stereocenters. The Hall–Kier alpha value is -2.67. The monoisotopic (exact) mass is 401 g/mol. The molecule has 0 radical (unpaired) electrons. The van der Waals surface area contributed by atoms with Gasteiger partial charge in [0.05, 0.1) is 11.9 Å². The van der Waals surface area contributed by atoms with Crippen molar-refractivity contribution < 1.29 is 9.18 Å². The number of carbonyl (C=O) groups excluding carboxylic acids is 1. The third kappa shape index (κ3) is 3.42. The second-order valence-corrected chi connectivity index (χ2v) is 7.56. The molecule has 146 valence electrons. The van der Waals surface area contributed by atoms with E-state index in [1.165, 1.54) is 6.07 Å². The Kier molecular flexibility index (Phi) is 4.93. The molecule has 6 nitrogen and oxygen atoms in total. The van der Waals surface area contributed by atoms with Crippen molar-refractivity contribution >= 4 is 34.2 Å². The molecule has 1 atom stereocenters. The fraction of sp³-hybridized carbons (Fsp3) is 0.350. The number of carbonyl (C=O) groups is 1. The number of piperazine rings is 1. The minimum absolute atomic E-state index is 0.0180. The number of aromatic nitrogens is 3. The molecule has 1 saturated heterocycles. The molecule has 1 amide bonds. The number of amides is 1. The highest BCUT2D eigenvalue weighted by atomic mass is 35.5. The number of fused-ring (bicyclic) bond motifs is 1. The van der Waals surface area contributed by atoms with Crippen molar-refractivity contribution in [1.82, 2.24) is 19.7 Å². The van der Waals surface area contributed by atoms with Crippen LogP contribution in [0.5, 0.6) is 0 Å². The number of halogens is 2. The molecule has 0 saturated carbocycles. The van der Waals surface area contributed by atoms with Gasteiger partial charge < -0.3 is 9.80 Å². The summed E-state index contributed by atoms with van der Waals surface area (Å²) in [6.45, 7) is 5.61. The standard InChI is InChI=1S/C20H21ClFN5O/c1-13-8-18(17(22)9-16(13)21)25-6-7-26(14(2)11-25)19(28)12-27-20-15(10-24-27)4-3-5-23-20/h3-5,8-10,14H,6-7,11-12H2,1-2H3/t14-/m0/s1. The van der Waals surface area contributed by atoms with Crippen molar-refractivity contribution in [2.45, 2.75) is 26.4 Å². The molecule has 0 spiro atoms. The van der Waals surface area contributed by atoms with E-state index in [9.17, 15) is 9.18 Å². The van der Waals surface area contributed by atoms with Gasteiger partial charge in [-0.05, 0) is 43.7 Å². The summed E-state index contributed by atoms with van der Waals surface area (Å²) in [5, 5.41) is 5.61. The van der Waals surface area contributed by atoms with Crippen molar-refractivity contribution in [3.05, 3.63) is 53.1 Å². The first-order chi connectivity index (χ1) is 13.4. The van der Waals surface area contributed by atoms with Crippen LogP contribution >= 0.6 is 11.6 Å². The highest BCUT2D eigenvalue weighted by Crippen LogP contribution is 2.28. The van der Waals surface area contributed by atoms with Crippen LogP contribution in [-0.4, -0.2) is 51.2 Å². The van der Waals surface area contributed by atoms with E-state index < -0.39 is 0 Å². The van der Waals surface area contributed by atoms with Gasteiger partial charge >= 0.3 is 0 Å². The summed E-state index contributed by atoms with van der Waals surface area (Å²) in [4.78, 5) is 21.0. The minimum atomic E-state index is -0.336. The molecular weight excluding hydrogens is 381 g/mol. The zero-order valence-corrected chi connectivity index (χ0v) is 16.5. The Balaban J connectivity index is 1.47. The fourth-order valence-electron chi connectivity index (χ4n) is 3.68. The van der Waals surface area contributed by atoms with Crippen LogP contribution in [0.15, 0.2) is 36.7 Å². The van der Waals surface area contributed by atoms with Crippen LogP contribution < -0.4 is 4.90 Å². The molecule has 1 aliphatic rings. The lowest BCUT2D eigenvalue weighted by molar-refractivity contribution is -0.134. The van der Waals surface area contributed by atoms with Crippen LogP contribution in [0.25, 0.3) is 11.0 Å². The molecule has 8 heteroatoms. The molecular formula is C20H21ClFN5O. The SMILES string of the molecule is Cc1cc(N2CCN(C(=O)Cn3ncc4cccnc43)[C@@H](C)C2)c(F)cc1Cl. The normalized spacial score (nSPS) is 17.4. The molecule has 3 aromatic rings. The summed E-state index contributed by atoms with van der Waals surface area (Å²) in [7, 11) is 0. The molecule has 0 bridgehead atoms. The number of rotatable bonds is 3. The lowest BCUT2D eigenvalue weighted by Gasteiger charge is -2.41. The zero-order valence-electron chi connectivity index (χ0n) is 15.8. The van der Waals surface area contributed by atoms with E-state index in [4.69, 9.17) is 11.6 Å². The third-order valence-electron chi connectivity index (χ3n) is 5.20. The first kappa shape index (κ1) is 18.7. The molecule has 28 heavy (non-hydrogen) atoms. The Labute approximate surface area is 167 Å². The van der Waals surface area contributed by atoms with Crippen molar-refractivity contribution in [2.24, 2.45) is 0 Å².